The minimum Gasteiger partial charge on any atom is -0.461 e. The first-order valence-corrected chi connectivity index (χ1v) is 20.7. The lowest BCUT2D eigenvalue weighted by atomic mass is 9.97. The van der Waals surface area contributed by atoms with E-state index in [1.54, 1.807) is 24.3 Å². The number of benzene rings is 3. The average Bonchev–Trinajstić information content (AvgIpc) is 3.25. The number of sulfonamides is 1. The lowest BCUT2D eigenvalue weighted by Gasteiger charge is -2.25. The molecule has 314 valence electrons. The molecule has 15 nitrogen and oxygen atoms in total. The highest BCUT2D eigenvalue weighted by Crippen LogP contribution is 2.26. The quantitative estimate of drug-likeness (QED) is 0.121. The van der Waals surface area contributed by atoms with Crippen molar-refractivity contribution in [2.45, 2.75) is 62.1 Å². The monoisotopic (exact) mass is 851 g/mol. The molecule has 6 aromatic rings. The number of pyridine rings is 1. The van der Waals surface area contributed by atoms with E-state index in [9.17, 15) is 32.4 Å². The molecule has 2 N–H and O–H groups in total. The van der Waals surface area contributed by atoms with Gasteiger partial charge >= 0.3 is 17.3 Å². The number of ether oxygens (including phenoxy) is 1. The Balaban J connectivity index is 1.10. The largest absolute Gasteiger partial charge is 0.461 e. The Morgan fingerprint density at radius 1 is 0.934 bits per heavy atom. The summed E-state index contributed by atoms with van der Waals surface area (Å²) < 4.78 is 68.9. The van der Waals surface area contributed by atoms with Gasteiger partial charge in [-0.2, -0.15) is 0 Å². The van der Waals surface area contributed by atoms with E-state index < -0.39 is 73.9 Å². The molecule has 0 radical (unpaired) electrons. The molecule has 1 aliphatic carbocycles. The molecule has 0 unspecified atom stereocenters. The standard InChI is InChI=1S/C43H39F2N7O8S/c1-3-19-51-25-27(23-47-42(51)56)26-13-17-31(18-14-26)61(58,59)49-36-22-34(44)33(21-35(36)45)39(53)48-37(41(55)60-30-9-5-4-6-10-30)20-28-15-16-29(24-46-28)52-40(54)32-11-7-8-12-38(32)50(2)43(52)57/h3,7-8,11-18,21-25,30,37,49H,1,4-6,9-10,19-20H2,2H3,(H,48,53)/t37-/m0/s1. The van der Waals surface area contributed by atoms with E-state index in [0.717, 1.165) is 23.8 Å². The Bertz CT molecular complexity index is 2960. The number of esters is 1. The number of hydrogen-bond acceptors (Lipinski definition) is 10. The summed E-state index contributed by atoms with van der Waals surface area (Å²) in [5, 5.41) is 2.73. The van der Waals surface area contributed by atoms with Crippen LogP contribution >= 0.6 is 0 Å². The SMILES string of the molecule is C=CCn1cc(-c2ccc(S(=O)(=O)Nc3cc(F)c(C(=O)N[C@@H](Cc4ccc(-n5c(=O)c6ccccc6n(C)c5=O)cn4)C(=O)OC4CCCCC4)cc3F)cc2)cnc1=O. The Hall–Kier alpha value is -7.08. The molecule has 0 bridgehead atoms. The molecule has 1 saturated carbocycles. The first-order valence-electron chi connectivity index (χ1n) is 19.2. The van der Waals surface area contributed by atoms with Crippen LogP contribution in [0, 0.1) is 11.6 Å². The van der Waals surface area contributed by atoms with Gasteiger partial charge in [-0.1, -0.05) is 36.8 Å². The van der Waals surface area contributed by atoms with Crippen LogP contribution in [0.15, 0.2) is 123 Å². The molecule has 1 atom stereocenters. The maximum absolute atomic E-state index is 15.6. The van der Waals surface area contributed by atoms with Crippen molar-refractivity contribution >= 4 is 38.5 Å². The van der Waals surface area contributed by atoms with Crippen LogP contribution in [-0.2, 0) is 39.6 Å². The molecular weight excluding hydrogens is 813 g/mol. The minimum atomic E-state index is -4.47. The number of carbonyl (C=O) groups excluding carboxylic acids is 2. The lowest BCUT2D eigenvalue weighted by Crippen LogP contribution is -2.45. The molecular formula is C43H39F2N7O8S. The Kier molecular flexibility index (Phi) is 12.2. The number of amides is 1. The number of hydrogen-bond donors (Lipinski definition) is 2. The maximum atomic E-state index is 15.6. The number of aryl methyl sites for hydroxylation is 1. The summed E-state index contributed by atoms with van der Waals surface area (Å²) in [6.45, 7) is 3.81. The second-order valence-electron chi connectivity index (χ2n) is 14.4. The zero-order valence-electron chi connectivity index (χ0n) is 32.7. The van der Waals surface area contributed by atoms with E-state index in [0.29, 0.717) is 47.0 Å². The molecule has 0 saturated heterocycles. The van der Waals surface area contributed by atoms with Crippen LogP contribution in [-0.4, -0.2) is 56.1 Å². The summed E-state index contributed by atoms with van der Waals surface area (Å²) >= 11 is 0. The van der Waals surface area contributed by atoms with E-state index in [1.165, 1.54) is 77.2 Å². The fraction of sp³-hybridized carbons (Fsp3) is 0.233. The highest BCUT2D eigenvalue weighted by molar-refractivity contribution is 7.92. The Labute approximate surface area is 347 Å². The van der Waals surface area contributed by atoms with E-state index in [2.05, 4.69) is 21.9 Å². The van der Waals surface area contributed by atoms with E-state index in [-0.39, 0.29) is 29.2 Å². The van der Waals surface area contributed by atoms with Gasteiger partial charge in [0, 0.05) is 49.7 Å². The highest BCUT2D eigenvalue weighted by Gasteiger charge is 2.29. The van der Waals surface area contributed by atoms with Gasteiger partial charge in [0.05, 0.1) is 38.9 Å². The zero-order chi connectivity index (χ0) is 43.4. The summed E-state index contributed by atoms with van der Waals surface area (Å²) in [7, 11) is -2.94. The van der Waals surface area contributed by atoms with Crippen LogP contribution in [0.4, 0.5) is 14.5 Å². The van der Waals surface area contributed by atoms with Crippen molar-refractivity contribution in [3.63, 3.8) is 0 Å². The molecule has 18 heteroatoms. The maximum Gasteiger partial charge on any atom is 0.347 e. The van der Waals surface area contributed by atoms with Gasteiger partial charge in [-0.25, -0.2) is 41.1 Å². The minimum absolute atomic E-state index is 0.150. The van der Waals surface area contributed by atoms with E-state index >= 15 is 8.78 Å². The molecule has 7 rings (SSSR count). The van der Waals surface area contributed by atoms with Gasteiger partial charge in [0.2, 0.25) is 0 Å². The number of aromatic nitrogens is 5. The fourth-order valence-electron chi connectivity index (χ4n) is 7.08. The second kappa shape index (κ2) is 17.6. The number of rotatable bonds is 13. The molecule has 0 spiro atoms. The summed E-state index contributed by atoms with van der Waals surface area (Å²) in [6, 6.07) is 14.5. The molecule has 1 fully saturated rings. The first kappa shape index (κ1) is 42.1. The van der Waals surface area contributed by atoms with Crippen molar-refractivity contribution in [3.8, 4) is 16.8 Å². The molecule has 61 heavy (non-hydrogen) atoms. The van der Waals surface area contributed by atoms with Crippen molar-refractivity contribution in [2.24, 2.45) is 7.05 Å². The van der Waals surface area contributed by atoms with Crippen molar-refractivity contribution < 1.29 is 31.5 Å². The van der Waals surface area contributed by atoms with Gasteiger partial charge in [-0.3, -0.25) is 28.4 Å². The number of halogens is 2. The molecule has 1 amide bonds. The predicted molar refractivity (Wildman–Crippen MR) is 222 cm³/mol. The van der Waals surface area contributed by atoms with Crippen molar-refractivity contribution in [3.05, 3.63) is 158 Å². The number of nitrogens with zero attached hydrogens (tertiary/aromatic N) is 5. The summed E-state index contributed by atoms with van der Waals surface area (Å²) in [5.74, 6) is -4.60. The molecule has 0 aliphatic heterocycles. The number of para-hydroxylation sites is 1. The van der Waals surface area contributed by atoms with Gasteiger partial charge < -0.3 is 10.1 Å². The van der Waals surface area contributed by atoms with Crippen molar-refractivity contribution in [2.75, 3.05) is 4.72 Å². The number of anilines is 1. The van der Waals surface area contributed by atoms with Gasteiger partial charge in [-0.05, 0) is 73.7 Å². The Morgan fingerprint density at radius 3 is 2.38 bits per heavy atom. The first-order chi connectivity index (χ1) is 29.2. The van der Waals surface area contributed by atoms with Gasteiger partial charge in [0.1, 0.15) is 23.8 Å². The fourth-order valence-corrected chi connectivity index (χ4v) is 8.13. The highest BCUT2D eigenvalue weighted by atomic mass is 32.2. The van der Waals surface area contributed by atoms with Crippen LogP contribution in [0.2, 0.25) is 0 Å². The molecule has 1 aliphatic rings. The molecule has 3 heterocycles. The van der Waals surface area contributed by atoms with Gasteiger partial charge in [-0.15, -0.1) is 6.58 Å². The average molecular weight is 852 g/mol. The molecule has 3 aromatic heterocycles. The van der Waals surface area contributed by atoms with Crippen LogP contribution in [0.1, 0.15) is 48.2 Å². The summed E-state index contributed by atoms with van der Waals surface area (Å²) in [6.07, 6.45) is 8.85. The Morgan fingerprint density at radius 2 is 1.67 bits per heavy atom. The summed E-state index contributed by atoms with van der Waals surface area (Å²) in [5.41, 5.74) is -1.38. The third-order valence-electron chi connectivity index (χ3n) is 10.3. The van der Waals surface area contributed by atoms with Crippen molar-refractivity contribution in [1.29, 1.82) is 0 Å². The summed E-state index contributed by atoms with van der Waals surface area (Å²) in [4.78, 5) is 73.4. The van der Waals surface area contributed by atoms with E-state index in [1.807, 2.05) is 4.72 Å². The van der Waals surface area contributed by atoms with Crippen LogP contribution < -0.4 is 27.0 Å². The normalized spacial score (nSPS) is 13.7. The number of nitrogens with one attached hydrogen (secondary N) is 2. The zero-order valence-corrected chi connectivity index (χ0v) is 33.5. The number of fused-ring (bicyclic) bond motifs is 1. The van der Waals surface area contributed by atoms with Gasteiger partial charge in [0.25, 0.3) is 21.5 Å². The third-order valence-corrected chi connectivity index (χ3v) is 11.7. The van der Waals surface area contributed by atoms with Crippen LogP contribution in [0.5, 0.6) is 0 Å². The van der Waals surface area contributed by atoms with Crippen LogP contribution in [0.3, 0.4) is 0 Å². The van der Waals surface area contributed by atoms with Gasteiger partial charge in [0.15, 0.2) is 0 Å². The second-order valence-corrected chi connectivity index (χ2v) is 16.1. The van der Waals surface area contributed by atoms with E-state index in [4.69, 9.17) is 4.74 Å². The van der Waals surface area contributed by atoms with Crippen molar-refractivity contribution in [1.82, 2.24) is 29.0 Å². The smallest absolute Gasteiger partial charge is 0.347 e. The lowest BCUT2D eigenvalue weighted by molar-refractivity contribution is -0.152. The third kappa shape index (κ3) is 9.08. The molecule has 3 aromatic carbocycles. The number of allylic oxidation sites excluding steroid dienone is 1. The predicted octanol–water partition coefficient (Wildman–Crippen LogP) is 4.79. The topological polar surface area (TPSA) is 193 Å². The number of carbonyl (C=O) groups is 2. The van der Waals surface area contributed by atoms with Crippen LogP contribution in [0.25, 0.3) is 27.7 Å².